The monoisotopic (exact) mass is 259 g/mol. The molecule has 0 aromatic heterocycles. The van der Waals surface area contributed by atoms with Gasteiger partial charge in [0.15, 0.2) is 0 Å². The number of nitrogens with one attached hydrogen (secondary N) is 1. The summed E-state index contributed by atoms with van der Waals surface area (Å²) in [5, 5.41) is 3.09. The predicted octanol–water partition coefficient (Wildman–Crippen LogP) is 2.68. The maximum Gasteiger partial charge on any atom is 0.251 e. The third-order valence-corrected chi connectivity index (χ3v) is 4.48. The van der Waals surface area contributed by atoms with Gasteiger partial charge in [-0.1, -0.05) is 25.1 Å². The molecule has 1 heterocycles. The summed E-state index contributed by atoms with van der Waals surface area (Å²) in [7, 11) is 0. The van der Waals surface area contributed by atoms with Gasteiger partial charge in [0.2, 0.25) is 0 Å². The number of fused-ring (bicyclic) bond motifs is 1. The van der Waals surface area contributed by atoms with Crippen molar-refractivity contribution in [2.75, 3.05) is 6.54 Å². The van der Waals surface area contributed by atoms with Gasteiger partial charge in [-0.15, -0.1) is 0 Å². The first kappa shape index (κ1) is 12.7. The first-order valence-corrected chi connectivity index (χ1v) is 7.07. The molecule has 1 saturated carbocycles. The summed E-state index contributed by atoms with van der Waals surface area (Å²) in [5.74, 6) is 0.0400. The van der Waals surface area contributed by atoms with Gasteiger partial charge in [0.05, 0.1) is 12.2 Å². The third kappa shape index (κ3) is 2.66. The van der Waals surface area contributed by atoms with Crippen molar-refractivity contribution in [1.29, 1.82) is 0 Å². The zero-order valence-electron chi connectivity index (χ0n) is 11.6. The van der Waals surface area contributed by atoms with Gasteiger partial charge in [-0.25, -0.2) is 0 Å². The van der Waals surface area contributed by atoms with Crippen LogP contribution in [0.4, 0.5) is 0 Å². The van der Waals surface area contributed by atoms with E-state index in [9.17, 15) is 4.79 Å². The van der Waals surface area contributed by atoms with Crippen LogP contribution >= 0.6 is 0 Å². The number of hydrogen-bond donors (Lipinski definition) is 1. The van der Waals surface area contributed by atoms with Crippen molar-refractivity contribution < 1.29 is 9.53 Å². The zero-order chi connectivity index (χ0) is 13.5. The van der Waals surface area contributed by atoms with Crippen molar-refractivity contribution in [1.82, 2.24) is 5.32 Å². The number of aryl methyl sites for hydroxylation is 1. The molecule has 1 saturated heterocycles. The molecular weight excluding hydrogens is 238 g/mol. The lowest BCUT2D eigenvalue weighted by Gasteiger charge is -2.31. The number of amides is 1. The molecule has 0 bridgehead atoms. The van der Waals surface area contributed by atoms with E-state index in [2.05, 4.69) is 12.2 Å². The molecule has 2 fully saturated rings. The lowest BCUT2D eigenvalue weighted by Crippen LogP contribution is -2.38. The van der Waals surface area contributed by atoms with Crippen LogP contribution in [0.25, 0.3) is 0 Å². The van der Waals surface area contributed by atoms with Crippen LogP contribution in [-0.4, -0.2) is 24.7 Å². The molecule has 102 valence electrons. The minimum atomic E-state index is 0.0400. The second kappa shape index (κ2) is 4.64. The maximum atomic E-state index is 12.2. The fourth-order valence-electron chi connectivity index (χ4n) is 3.07. The molecule has 2 aliphatic rings. The van der Waals surface area contributed by atoms with Crippen LogP contribution in [0.2, 0.25) is 0 Å². The molecule has 3 rings (SSSR count). The molecule has 1 aromatic carbocycles. The minimum Gasteiger partial charge on any atom is -0.370 e. The van der Waals surface area contributed by atoms with Gasteiger partial charge in [0, 0.05) is 12.1 Å². The molecule has 1 aliphatic heterocycles. The highest BCUT2D eigenvalue weighted by Crippen LogP contribution is 2.45. The van der Waals surface area contributed by atoms with Gasteiger partial charge in [-0.05, 0) is 43.2 Å². The van der Waals surface area contributed by atoms with Gasteiger partial charge in [0.25, 0.3) is 5.91 Å². The van der Waals surface area contributed by atoms with Gasteiger partial charge in [-0.3, -0.25) is 4.79 Å². The molecule has 1 N–H and O–H groups in total. The van der Waals surface area contributed by atoms with Crippen molar-refractivity contribution in [3.63, 3.8) is 0 Å². The third-order valence-electron chi connectivity index (χ3n) is 4.48. The van der Waals surface area contributed by atoms with E-state index >= 15 is 0 Å². The quantitative estimate of drug-likeness (QED) is 0.848. The summed E-state index contributed by atoms with van der Waals surface area (Å²) in [4.78, 5) is 12.2. The maximum absolute atomic E-state index is 12.2. The Hall–Kier alpha value is -1.35. The summed E-state index contributed by atoms with van der Waals surface area (Å²) in [6.45, 7) is 4.97. The summed E-state index contributed by atoms with van der Waals surface area (Å²) in [6.07, 6.45) is 4.32. The number of ether oxygens (including phenoxy) is 1. The van der Waals surface area contributed by atoms with Gasteiger partial charge < -0.3 is 10.1 Å². The van der Waals surface area contributed by atoms with Crippen LogP contribution in [0.15, 0.2) is 24.3 Å². The summed E-state index contributed by atoms with van der Waals surface area (Å²) in [6, 6.07) is 7.72. The fraction of sp³-hybridized carbons (Fsp3) is 0.562. The first-order chi connectivity index (χ1) is 9.07. The number of carbonyl (C=O) groups is 1. The van der Waals surface area contributed by atoms with Crippen LogP contribution in [0.3, 0.4) is 0 Å². The smallest absolute Gasteiger partial charge is 0.251 e. The van der Waals surface area contributed by atoms with Gasteiger partial charge in [-0.2, -0.15) is 0 Å². The fourth-order valence-corrected chi connectivity index (χ4v) is 3.07. The second-order valence-corrected chi connectivity index (χ2v) is 6.26. The number of benzene rings is 1. The van der Waals surface area contributed by atoms with E-state index in [4.69, 9.17) is 4.74 Å². The number of hydrogen-bond acceptors (Lipinski definition) is 2. The molecule has 19 heavy (non-hydrogen) atoms. The number of rotatable bonds is 3. The van der Waals surface area contributed by atoms with Crippen molar-refractivity contribution in [3.8, 4) is 0 Å². The Morgan fingerprint density at radius 1 is 1.42 bits per heavy atom. The largest absolute Gasteiger partial charge is 0.370 e. The van der Waals surface area contributed by atoms with Crippen molar-refractivity contribution in [2.24, 2.45) is 5.41 Å². The molecule has 1 aromatic rings. The molecule has 0 spiro atoms. The summed E-state index contributed by atoms with van der Waals surface area (Å²) >= 11 is 0. The molecule has 3 atom stereocenters. The van der Waals surface area contributed by atoms with Crippen LogP contribution < -0.4 is 5.32 Å². The summed E-state index contributed by atoms with van der Waals surface area (Å²) < 4.78 is 5.57. The van der Waals surface area contributed by atoms with E-state index in [1.54, 1.807) is 0 Å². The van der Waals surface area contributed by atoms with E-state index in [0.29, 0.717) is 12.2 Å². The number of epoxide rings is 1. The van der Waals surface area contributed by atoms with Crippen LogP contribution in [-0.2, 0) is 4.74 Å². The molecule has 1 aliphatic carbocycles. The first-order valence-electron chi connectivity index (χ1n) is 7.07. The topological polar surface area (TPSA) is 41.6 Å². The highest BCUT2D eigenvalue weighted by Gasteiger charge is 2.48. The van der Waals surface area contributed by atoms with Crippen molar-refractivity contribution in [3.05, 3.63) is 35.4 Å². The van der Waals surface area contributed by atoms with E-state index in [-0.39, 0.29) is 11.3 Å². The molecule has 0 radical (unpaired) electrons. The zero-order valence-corrected chi connectivity index (χ0v) is 11.6. The van der Waals surface area contributed by atoms with Crippen LogP contribution in [0, 0.1) is 12.3 Å². The van der Waals surface area contributed by atoms with E-state index in [1.807, 2.05) is 31.2 Å². The Labute approximate surface area is 114 Å². The minimum absolute atomic E-state index is 0.0400. The van der Waals surface area contributed by atoms with Gasteiger partial charge in [0.1, 0.15) is 0 Å². The van der Waals surface area contributed by atoms with Crippen molar-refractivity contribution in [2.45, 2.75) is 45.3 Å². The number of carbonyl (C=O) groups excluding carboxylic acids is 1. The average Bonchev–Trinajstić information content (AvgIpc) is 3.15. The standard InChI is InChI=1S/C16H21NO2/c1-11-5-3-4-6-12(11)15(18)17-10-16(2)8-7-13-14(9-16)19-13/h3-6,13-14H,7-10H2,1-2H3,(H,17,18)/t13?,14?,16-/m1/s1. The molecular formula is C16H21NO2. The highest BCUT2D eigenvalue weighted by atomic mass is 16.6. The molecule has 2 unspecified atom stereocenters. The van der Waals surface area contributed by atoms with E-state index < -0.39 is 0 Å². The lowest BCUT2D eigenvalue weighted by molar-refractivity contribution is 0.0922. The SMILES string of the molecule is Cc1ccccc1C(=O)NC[C@]1(C)CCC2OC2C1. The Bertz CT molecular complexity index is 499. The highest BCUT2D eigenvalue weighted by molar-refractivity contribution is 5.95. The Kier molecular flexibility index (Phi) is 3.09. The second-order valence-electron chi connectivity index (χ2n) is 6.26. The van der Waals surface area contributed by atoms with Gasteiger partial charge >= 0.3 is 0 Å². The van der Waals surface area contributed by atoms with Crippen LogP contribution in [0.5, 0.6) is 0 Å². The molecule has 1 amide bonds. The van der Waals surface area contributed by atoms with E-state index in [1.165, 1.54) is 0 Å². The normalized spacial score (nSPS) is 32.5. The lowest BCUT2D eigenvalue weighted by atomic mass is 9.75. The Morgan fingerprint density at radius 2 is 2.21 bits per heavy atom. The Balaban J connectivity index is 1.60. The Morgan fingerprint density at radius 3 is 2.95 bits per heavy atom. The van der Waals surface area contributed by atoms with Crippen LogP contribution in [0.1, 0.15) is 42.1 Å². The predicted molar refractivity (Wildman–Crippen MR) is 74.1 cm³/mol. The molecule has 3 nitrogen and oxygen atoms in total. The average molecular weight is 259 g/mol. The van der Waals surface area contributed by atoms with Crippen molar-refractivity contribution >= 4 is 5.91 Å². The van der Waals surface area contributed by atoms with E-state index in [0.717, 1.165) is 36.9 Å². The summed E-state index contributed by atoms with van der Waals surface area (Å²) in [5.41, 5.74) is 2.00. The molecule has 3 heteroatoms.